The fourth-order valence-corrected chi connectivity index (χ4v) is 2.08. The molecule has 1 heterocycles. The lowest BCUT2D eigenvalue weighted by Gasteiger charge is -2.22. The minimum atomic E-state index is -2.63. The van der Waals surface area contributed by atoms with Crippen molar-refractivity contribution < 1.29 is 18.3 Å². The summed E-state index contributed by atoms with van der Waals surface area (Å²) in [7, 11) is 1.57. The number of halogens is 2. The molecule has 1 aromatic rings. The Morgan fingerprint density at radius 1 is 1.37 bits per heavy atom. The van der Waals surface area contributed by atoms with Gasteiger partial charge in [-0.25, -0.2) is 8.78 Å². The van der Waals surface area contributed by atoms with Crippen molar-refractivity contribution in [2.24, 2.45) is 0 Å². The number of nitrogens with two attached hydrogens (primary N) is 1. The lowest BCUT2D eigenvalue weighted by atomic mass is 10.2. The topological polar surface area (TPSA) is 47.7 Å². The molecule has 1 fully saturated rings. The van der Waals surface area contributed by atoms with E-state index in [0.29, 0.717) is 36.9 Å². The first-order valence-electron chi connectivity index (χ1n) is 6.16. The Morgan fingerprint density at radius 2 is 2.16 bits per heavy atom. The lowest BCUT2D eigenvalue weighted by Crippen LogP contribution is -2.25. The average molecular weight is 272 g/mol. The zero-order chi connectivity index (χ0) is 13.9. The molecule has 2 N–H and O–H groups in total. The fourth-order valence-electron chi connectivity index (χ4n) is 2.08. The van der Waals surface area contributed by atoms with Gasteiger partial charge < -0.3 is 20.1 Å². The van der Waals surface area contributed by atoms with Gasteiger partial charge in [0.1, 0.15) is 12.4 Å². The van der Waals surface area contributed by atoms with Crippen molar-refractivity contribution in [1.82, 2.24) is 0 Å². The molecule has 2 rings (SSSR count). The Balaban J connectivity index is 2.15. The highest BCUT2D eigenvalue weighted by Gasteiger charge is 2.39. The minimum Gasteiger partial charge on any atom is -0.489 e. The summed E-state index contributed by atoms with van der Waals surface area (Å²) < 4.78 is 37.0. The van der Waals surface area contributed by atoms with Crippen LogP contribution in [-0.4, -0.2) is 39.3 Å². The zero-order valence-corrected chi connectivity index (χ0v) is 10.9. The van der Waals surface area contributed by atoms with E-state index in [-0.39, 0.29) is 13.0 Å². The molecule has 4 nitrogen and oxygen atoms in total. The molecule has 0 bridgehead atoms. The quantitative estimate of drug-likeness (QED) is 0.659. The van der Waals surface area contributed by atoms with Crippen LogP contribution in [0.25, 0.3) is 0 Å². The maximum atomic E-state index is 13.3. The Kier molecular flexibility index (Phi) is 4.09. The van der Waals surface area contributed by atoms with Crippen LogP contribution in [0.5, 0.6) is 5.75 Å². The van der Waals surface area contributed by atoms with Gasteiger partial charge >= 0.3 is 0 Å². The molecule has 1 aliphatic rings. The van der Waals surface area contributed by atoms with E-state index in [4.69, 9.17) is 15.2 Å². The van der Waals surface area contributed by atoms with E-state index < -0.39 is 5.92 Å². The van der Waals surface area contributed by atoms with Gasteiger partial charge in [-0.3, -0.25) is 0 Å². The molecule has 6 heteroatoms. The van der Waals surface area contributed by atoms with Crippen LogP contribution in [0.1, 0.15) is 6.42 Å². The van der Waals surface area contributed by atoms with Gasteiger partial charge in [0, 0.05) is 31.8 Å². The maximum absolute atomic E-state index is 13.3. The summed E-state index contributed by atoms with van der Waals surface area (Å²) in [6.45, 7) is 0.830. The number of ether oxygens (including phenoxy) is 2. The van der Waals surface area contributed by atoms with E-state index in [1.807, 2.05) is 0 Å². The Bertz CT molecular complexity index is 441. The van der Waals surface area contributed by atoms with Crippen molar-refractivity contribution in [1.29, 1.82) is 0 Å². The number of hydrogen-bond acceptors (Lipinski definition) is 4. The van der Waals surface area contributed by atoms with Gasteiger partial charge in [0.25, 0.3) is 5.92 Å². The molecule has 0 spiro atoms. The summed E-state index contributed by atoms with van der Waals surface area (Å²) >= 11 is 0. The first-order chi connectivity index (χ1) is 9.02. The van der Waals surface area contributed by atoms with Crippen LogP contribution in [-0.2, 0) is 4.74 Å². The normalized spacial score (nSPS) is 17.7. The third-order valence-corrected chi connectivity index (χ3v) is 3.04. The molecule has 0 aliphatic carbocycles. The van der Waals surface area contributed by atoms with Crippen LogP contribution in [0.3, 0.4) is 0 Å². The van der Waals surface area contributed by atoms with Crippen LogP contribution >= 0.6 is 0 Å². The largest absolute Gasteiger partial charge is 0.489 e. The van der Waals surface area contributed by atoms with Crippen molar-refractivity contribution in [3.05, 3.63) is 18.2 Å². The molecule has 106 valence electrons. The number of hydrogen-bond donors (Lipinski definition) is 1. The average Bonchev–Trinajstić information content (AvgIpc) is 2.70. The van der Waals surface area contributed by atoms with Gasteiger partial charge in [-0.1, -0.05) is 0 Å². The molecule has 19 heavy (non-hydrogen) atoms. The molecule has 0 radical (unpaired) electrons. The highest BCUT2D eigenvalue weighted by molar-refractivity contribution is 5.64. The summed E-state index contributed by atoms with van der Waals surface area (Å²) in [6.07, 6.45) is -0.130. The van der Waals surface area contributed by atoms with Crippen LogP contribution in [0.15, 0.2) is 18.2 Å². The third kappa shape index (κ3) is 3.47. The summed E-state index contributed by atoms with van der Waals surface area (Å²) in [4.78, 5) is 1.63. The third-order valence-electron chi connectivity index (χ3n) is 3.04. The maximum Gasteiger partial charge on any atom is 0.266 e. The van der Waals surface area contributed by atoms with Crippen LogP contribution in [0.4, 0.5) is 20.2 Å². The molecule has 0 atom stereocenters. The van der Waals surface area contributed by atoms with E-state index >= 15 is 0 Å². The molecule has 0 amide bonds. The Labute approximate surface area is 111 Å². The summed E-state index contributed by atoms with van der Waals surface area (Å²) in [5.41, 5.74) is 6.90. The number of methoxy groups -OCH3 is 1. The van der Waals surface area contributed by atoms with E-state index in [1.165, 1.54) is 0 Å². The Hall–Kier alpha value is -1.56. The molecule has 1 aliphatic heterocycles. The van der Waals surface area contributed by atoms with Crippen molar-refractivity contribution in [2.75, 3.05) is 44.0 Å². The molecule has 1 saturated heterocycles. The van der Waals surface area contributed by atoms with E-state index in [1.54, 1.807) is 30.2 Å². The highest BCUT2D eigenvalue weighted by atomic mass is 19.3. The van der Waals surface area contributed by atoms with Crippen LogP contribution in [0.2, 0.25) is 0 Å². The SMILES string of the molecule is COCCOc1cc(N)ccc1N1CCC(F)(F)C1. The molecule has 0 saturated carbocycles. The lowest BCUT2D eigenvalue weighted by molar-refractivity contribution is 0.0257. The van der Waals surface area contributed by atoms with Crippen molar-refractivity contribution >= 4 is 11.4 Å². The number of alkyl halides is 2. The number of nitrogens with zero attached hydrogens (tertiary/aromatic N) is 1. The number of anilines is 2. The first kappa shape index (κ1) is 13.9. The smallest absolute Gasteiger partial charge is 0.266 e. The van der Waals surface area contributed by atoms with Crippen molar-refractivity contribution in [3.8, 4) is 5.75 Å². The predicted octanol–water partition coefficient (Wildman–Crippen LogP) is 2.14. The molecule has 1 aromatic carbocycles. The minimum absolute atomic E-state index is 0.130. The fraction of sp³-hybridized carbons (Fsp3) is 0.538. The Morgan fingerprint density at radius 3 is 2.79 bits per heavy atom. The summed E-state index contributed by atoms with van der Waals surface area (Å²) in [5.74, 6) is -2.11. The standard InChI is InChI=1S/C13H18F2N2O2/c1-18-6-7-19-12-8-10(16)2-3-11(12)17-5-4-13(14,15)9-17/h2-3,8H,4-7,9,16H2,1H3. The first-order valence-corrected chi connectivity index (χ1v) is 6.16. The summed E-state index contributed by atoms with van der Waals surface area (Å²) in [5, 5.41) is 0. The van der Waals surface area contributed by atoms with Gasteiger partial charge in [0.05, 0.1) is 18.8 Å². The van der Waals surface area contributed by atoms with Gasteiger partial charge in [0.2, 0.25) is 0 Å². The molecule has 0 unspecified atom stereocenters. The van der Waals surface area contributed by atoms with E-state index in [2.05, 4.69) is 0 Å². The van der Waals surface area contributed by atoms with Gasteiger partial charge in [-0.2, -0.15) is 0 Å². The van der Waals surface area contributed by atoms with E-state index in [0.717, 1.165) is 0 Å². The van der Waals surface area contributed by atoms with Gasteiger partial charge in [-0.05, 0) is 12.1 Å². The second-order valence-corrected chi connectivity index (χ2v) is 4.60. The number of nitrogen functional groups attached to an aromatic ring is 1. The van der Waals surface area contributed by atoms with Gasteiger partial charge in [-0.15, -0.1) is 0 Å². The van der Waals surface area contributed by atoms with Crippen molar-refractivity contribution in [3.63, 3.8) is 0 Å². The van der Waals surface area contributed by atoms with Gasteiger partial charge in [0.15, 0.2) is 0 Å². The zero-order valence-electron chi connectivity index (χ0n) is 10.9. The van der Waals surface area contributed by atoms with Crippen LogP contribution < -0.4 is 15.4 Å². The molecule has 0 aromatic heterocycles. The number of benzene rings is 1. The predicted molar refractivity (Wildman–Crippen MR) is 70.0 cm³/mol. The van der Waals surface area contributed by atoms with Crippen LogP contribution in [0, 0.1) is 0 Å². The molecular weight excluding hydrogens is 254 g/mol. The monoisotopic (exact) mass is 272 g/mol. The van der Waals surface area contributed by atoms with E-state index in [9.17, 15) is 8.78 Å². The number of rotatable bonds is 5. The highest BCUT2D eigenvalue weighted by Crippen LogP contribution is 2.37. The second kappa shape index (κ2) is 5.61. The summed E-state index contributed by atoms with van der Waals surface area (Å²) in [6, 6.07) is 5.06. The second-order valence-electron chi connectivity index (χ2n) is 4.60. The van der Waals surface area contributed by atoms with Crippen molar-refractivity contribution in [2.45, 2.75) is 12.3 Å². The molecular formula is C13H18F2N2O2.